The highest BCUT2D eigenvalue weighted by molar-refractivity contribution is 5.22. The van der Waals surface area contributed by atoms with Crippen molar-refractivity contribution in [2.75, 3.05) is 0 Å². The zero-order valence-electron chi connectivity index (χ0n) is 14.0. The van der Waals surface area contributed by atoms with Gasteiger partial charge in [0.25, 0.3) is 0 Å². The molecule has 0 heterocycles. The van der Waals surface area contributed by atoms with Crippen LogP contribution in [0.1, 0.15) is 37.3 Å². The number of hydrogen-bond donors (Lipinski definition) is 2. The summed E-state index contributed by atoms with van der Waals surface area (Å²) in [5.74, 6) is 7.39. The first kappa shape index (κ1) is 16.2. The Balaban J connectivity index is 1.87. The van der Waals surface area contributed by atoms with Crippen molar-refractivity contribution in [1.82, 2.24) is 5.43 Å². The van der Waals surface area contributed by atoms with Crippen LogP contribution in [0.2, 0.25) is 0 Å². The second-order valence-electron chi connectivity index (χ2n) is 7.13. The molecule has 0 bridgehead atoms. The van der Waals surface area contributed by atoms with E-state index in [2.05, 4.69) is 73.0 Å². The third-order valence-corrected chi connectivity index (χ3v) is 5.63. The molecule has 1 aliphatic carbocycles. The normalized spacial score (nSPS) is 27.7. The van der Waals surface area contributed by atoms with E-state index in [1.807, 2.05) is 0 Å². The first-order valence-corrected chi connectivity index (χ1v) is 8.79. The van der Waals surface area contributed by atoms with Crippen LogP contribution in [0.5, 0.6) is 0 Å². The second-order valence-corrected chi connectivity index (χ2v) is 7.13. The van der Waals surface area contributed by atoms with Gasteiger partial charge in [-0.2, -0.15) is 0 Å². The molecule has 2 aromatic rings. The second kappa shape index (κ2) is 7.29. The Morgan fingerprint density at radius 2 is 1.61 bits per heavy atom. The Morgan fingerprint density at radius 3 is 2.22 bits per heavy atom. The van der Waals surface area contributed by atoms with Crippen LogP contribution >= 0.6 is 0 Å². The summed E-state index contributed by atoms with van der Waals surface area (Å²) in [6.45, 7) is 2.39. The lowest BCUT2D eigenvalue weighted by molar-refractivity contribution is 0.0908. The molecule has 2 heteroatoms. The molecule has 0 radical (unpaired) electrons. The van der Waals surface area contributed by atoms with Gasteiger partial charge in [0.15, 0.2) is 0 Å². The van der Waals surface area contributed by atoms with E-state index < -0.39 is 0 Å². The van der Waals surface area contributed by atoms with Crippen molar-refractivity contribution in [3.05, 3.63) is 71.8 Å². The van der Waals surface area contributed by atoms with Crippen molar-refractivity contribution in [3.8, 4) is 0 Å². The van der Waals surface area contributed by atoms with E-state index >= 15 is 0 Å². The van der Waals surface area contributed by atoms with Gasteiger partial charge in [-0.05, 0) is 42.2 Å². The smallest absolute Gasteiger partial charge is 0.0395 e. The number of nitrogens with two attached hydrogens (primary N) is 1. The van der Waals surface area contributed by atoms with Gasteiger partial charge in [-0.15, -0.1) is 0 Å². The fourth-order valence-electron chi connectivity index (χ4n) is 4.35. The van der Waals surface area contributed by atoms with Gasteiger partial charge in [0.05, 0.1) is 0 Å². The van der Waals surface area contributed by atoms with Crippen molar-refractivity contribution < 1.29 is 0 Å². The van der Waals surface area contributed by atoms with Crippen LogP contribution in [-0.2, 0) is 12.8 Å². The minimum Gasteiger partial charge on any atom is -0.271 e. The molecule has 3 N–H and O–H groups in total. The maximum Gasteiger partial charge on any atom is 0.0395 e. The van der Waals surface area contributed by atoms with Gasteiger partial charge in [-0.3, -0.25) is 11.3 Å². The summed E-state index contributed by atoms with van der Waals surface area (Å²) in [6.07, 6.45) is 5.81. The van der Waals surface area contributed by atoms with Crippen molar-refractivity contribution >= 4 is 0 Å². The zero-order valence-corrected chi connectivity index (χ0v) is 14.0. The molecule has 0 aromatic heterocycles. The van der Waals surface area contributed by atoms with Crippen molar-refractivity contribution in [3.63, 3.8) is 0 Å². The Hall–Kier alpha value is -1.64. The van der Waals surface area contributed by atoms with Gasteiger partial charge in [-0.25, -0.2) is 0 Å². The monoisotopic (exact) mass is 308 g/mol. The maximum absolute atomic E-state index is 6.14. The molecular formula is C21H28N2. The first-order valence-electron chi connectivity index (χ1n) is 8.79. The molecule has 122 valence electrons. The Morgan fingerprint density at radius 1 is 1.00 bits per heavy atom. The van der Waals surface area contributed by atoms with Crippen molar-refractivity contribution in [1.29, 1.82) is 0 Å². The molecule has 0 aliphatic heterocycles. The van der Waals surface area contributed by atoms with E-state index in [4.69, 9.17) is 5.84 Å². The molecule has 23 heavy (non-hydrogen) atoms. The number of nitrogens with one attached hydrogen (secondary N) is 1. The van der Waals surface area contributed by atoms with Crippen LogP contribution in [0.15, 0.2) is 60.7 Å². The summed E-state index contributed by atoms with van der Waals surface area (Å²) in [7, 11) is 0. The van der Waals surface area contributed by atoms with Crippen LogP contribution in [0, 0.1) is 11.8 Å². The highest BCUT2D eigenvalue weighted by Crippen LogP contribution is 2.41. The van der Waals surface area contributed by atoms with Gasteiger partial charge in [0.2, 0.25) is 0 Å². The van der Waals surface area contributed by atoms with Gasteiger partial charge < -0.3 is 0 Å². The van der Waals surface area contributed by atoms with E-state index in [9.17, 15) is 0 Å². The highest BCUT2D eigenvalue weighted by Gasteiger charge is 2.43. The van der Waals surface area contributed by atoms with Gasteiger partial charge in [0, 0.05) is 5.54 Å². The summed E-state index contributed by atoms with van der Waals surface area (Å²) in [5, 5.41) is 0. The number of hydrazine groups is 1. The lowest BCUT2D eigenvalue weighted by Crippen LogP contribution is -2.60. The average Bonchev–Trinajstić information content (AvgIpc) is 2.60. The molecule has 2 aromatic carbocycles. The quantitative estimate of drug-likeness (QED) is 0.644. The summed E-state index contributed by atoms with van der Waals surface area (Å²) in [5.41, 5.74) is 6.05. The molecule has 0 saturated heterocycles. The summed E-state index contributed by atoms with van der Waals surface area (Å²) in [4.78, 5) is 0. The number of rotatable bonds is 5. The standard InChI is InChI=1S/C21H28N2/c1-17-9-8-14-21(23-22,16-19-12-6-3-7-13-19)20(17)15-18-10-4-2-5-11-18/h2-7,10-13,17,20,23H,8-9,14-16,22H2,1H3. The molecule has 0 amide bonds. The number of hydrogen-bond acceptors (Lipinski definition) is 2. The molecule has 2 nitrogen and oxygen atoms in total. The molecular weight excluding hydrogens is 280 g/mol. The largest absolute Gasteiger partial charge is 0.271 e. The predicted octanol–water partition coefficient (Wildman–Crippen LogP) is 4.11. The Labute approximate surface area is 140 Å². The lowest BCUT2D eigenvalue weighted by Gasteiger charge is -2.47. The predicted molar refractivity (Wildman–Crippen MR) is 96.9 cm³/mol. The highest BCUT2D eigenvalue weighted by atomic mass is 15.3. The SMILES string of the molecule is CC1CCCC(Cc2ccccc2)(NN)C1Cc1ccccc1. The molecule has 1 aliphatic rings. The van der Waals surface area contributed by atoms with Crippen molar-refractivity contribution in [2.24, 2.45) is 17.7 Å². The van der Waals surface area contributed by atoms with Gasteiger partial charge >= 0.3 is 0 Å². The zero-order chi connectivity index (χ0) is 16.1. The molecule has 0 spiro atoms. The molecule has 1 fully saturated rings. The lowest BCUT2D eigenvalue weighted by atomic mass is 9.63. The fourth-order valence-corrected chi connectivity index (χ4v) is 4.35. The van der Waals surface area contributed by atoms with Crippen LogP contribution in [0.4, 0.5) is 0 Å². The minimum atomic E-state index is -0.00510. The van der Waals surface area contributed by atoms with Crippen molar-refractivity contribution in [2.45, 2.75) is 44.6 Å². The minimum absolute atomic E-state index is 0.00510. The summed E-state index contributed by atoms with van der Waals surface area (Å²) < 4.78 is 0. The molecule has 3 rings (SSSR count). The van der Waals surface area contributed by atoms with E-state index in [1.54, 1.807) is 0 Å². The average molecular weight is 308 g/mol. The van der Waals surface area contributed by atoms with Crippen LogP contribution in [0.25, 0.3) is 0 Å². The van der Waals surface area contributed by atoms with Crippen LogP contribution in [-0.4, -0.2) is 5.54 Å². The van der Waals surface area contributed by atoms with E-state index in [1.165, 1.54) is 24.0 Å². The van der Waals surface area contributed by atoms with Gasteiger partial charge in [-0.1, -0.05) is 80.4 Å². The van der Waals surface area contributed by atoms with E-state index in [0.29, 0.717) is 11.8 Å². The topological polar surface area (TPSA) is 38.0 Å². The summed E-state index contributed by atoms with van der Waals surface area (Å²) in [6, 6.07) is 21.6. The first-order chi connectivity index (χ1) is 11.2. The van der Waals surface area contributed by atoms with Gasteiger partial charge in [0.1, 0.15) is 0 Å². The molecule has 3 atom stereocenters. The third kappa shape index (κ3) is 3.65. The number of benzene rings is 2. The Bertz CT molecular complexity index is 596. The Kier molecular flexibility index (Phi) is 5.14. The van der Waals surface area contributed by atoms with E-state index in [-0.39, 0.29) is 5.54 Å². The molecule has 3 unspecified atom stereocenters. The van der Waals surface area contributed by atoms with Crippen LogP contribution in [0.3, 0.4) is 0 Å². The summed E-state index contributed by atoms with van der Waals surface area (Å²) >= 11 is 0. The fraction of sp³-hybridized carbons (Fsp3) is 0.429. The van der Waals surface area contributed by atoms with E-state index in [0.717, 1.165) is 19.3 Å². The third-order valence-electron chi connectivity index (χ3n) is 5.63. The molecule has 1 saturated carbocycles. The van der Waals surface area contributed by atoms with Crippen LogP contribution < -0.4 is 11.3 Å². The maximum atomic E-state index is 6.14.